The van der Waals surface area contributed by atoms with E-state index in [4.69, 9.17) is 10.1 Å². The fourth-order valence-corrected chi connectivity index (χ4v) is 7.43. The molecule has 0 saturated carbocycles. The van der Waals surface area contributed by atoms with Gasteiger partial charge in [0.25, 0.3) is 11.1 Å². The number of nitrogens with zero attached hydrogens (tertiary/aromatic N) is 5. The number of hydrogen-bond donors (Lipinski definition) is 2. The van der Waals surface area contributed by atoms with Crippen LogP contribution in [0.4, 0.5) is 5.82 Å². The van der Waals surface area contributed by atoms with E-state index in [-0.39, 0.29) is 35.4 Å². The lowest BCUT2D eigenvalue weighted by Gasteiger charge is -2.15. The van der Waals surface area contributed by atoms with Crippen molar-refractivity contribution in [2.75, 3.05) is 11.1 Å². The van der Waals surface area contributed by atoms with Crippen molar-refractivity contribution < 1.29 is 4.79 Å². The molecular weight excluding hydrogens is 571 g/mol. The van der Waals surface area contributed by atoms with E-state index in [0.29, 0.717) is 40.1 Å². The Balaban J connectivity index is 1.19. The molecule has 12 heteroatoms. The minimum atomic E-state index is -0.290. The number of anilines is 1. The van der Waals surface area contributed by atoms with Gasteiger partial charge in [-0.1, -0.05) is 48.2 Å². The molecule has 42 heavy (non-hydrogen) atoms. The molecule has 0 spiro atoms. The van der Waals surface area contributed by atoms with Crippen molar-refractivity contribution in [3.05, 3.63) is 103 Å². The molecule has 0 radical (unpaired) electrons. The number of aromatic nitrogens is 6. The summed E-state index contributed by atoms with van der Waals surface area (Å²) in [6.07, 6.45) is 3.08. The Morgan fingerprint density at radius 3 is 2.76 bits per heavy atom. The fourth-order valence-electron chi connectivity index (χ4n) is 5.59. The molecule has 212 valence electrons. The van der Waals surface area contributed by atoms with Crippen molar-refractivity contribution in [1.82, 2.24) is 29.3 Å². The zero-order valence-corrected chi connectivity index (χ0v) is 24.4. The zero-order chi connectivity index (χ0) is 28.8. The van der Waals surface area contributed by atoms with E-state index in [1.54, 1.807) is 17.6 Å². The highest BCUT2D eigenvalue weighted by atomic mass is 32.2. The Morgan fingerprint density at radius 2 is 1.98 bits per heavy atom. The molecule has 0 bridgehead atoms. The van der Waals surface area contributed by atoms with Gasteiger partial charge in [0, 0.05) is 35.8 Å². The van der Waals surface area contributed by atoms with Gasteiger partial charge in [-0.05, 0) is 43.2 Å². The lowest BCUT2D eigenvalue weighted by atomic mass is 10.1. The lowest BCUT2D eigenvalue weighted by Crippen LogP contribution is -2.30. The Bertz CT molecular complexity index is 1930. The van der Waals surface area contributed by atoms with Crippen LogP contribution in [0.25, 0.3) is 16.5 Å². The van der Waals surface area contributed by atoms with Gasteiger partial charge in [0.1, 0.15) is 11.5 Å². The van der Waals surface area contributed by atoms with Gasteiger partial charge >= 0.3 is 0 Å². The number of carbonyl (C=O) groups excluding carboxylic acids is 1. The van der Waals surface area contributed by atoms with Crippen molar-refractivity contribution in [2.24, 2.45) is 0 Å². The number of fused-ring (bicyclic) bond motifs is 2. The molecule has 2 aliphatic rings. The number of hydrogen-bond acceptors (Lipinski definition) is 8. The van der Waals surface area contributed by atoms with E-state index in [2.05, 4.69) is 15.3 Å². The van der Waals surface area contributed by atoms with Crippen LogP contribution in [-0.4, -0.2) is 41.0 Å². The molecule has 7 rings (SSSR count). The van der Waals surface area contributed by atoms with Gasteiger partial charge in [-0.2, -0.15) is 9.78 Å². The first kappa shape index (κ1) is 26.6. The number of carbonyl (C=O) groups is 1. The first-order chi connectivity index (χ1) is 20.4. The second-order valence-electron chi connectivity index (χ2n) is 10.5. The first-order valence-electron chi connectivity index (χ1n) is 13.8. The van der Waals surface area contributed by atoms with Crippen LogP contribution in [0.1, 0.15) is 47.0 Å². The summed E-state index contributed by atoms with van der Waals surface area (Å²) in [4.78, 5) is 53.0. The van der Waals surface area contributed by atoms with Gasteiger partial charge in [-0.15, -0.1) is 11.3 Å². The molecule has 2 N–H and O–H groups in total. The van der Waals surface area contributed by atoms with E-state index >= 15 is 0 Å². The average Bonchev–Trinajstić information content (AvgIpc) is 3.79. The normalized spacial score (nSPS) is 15.5. The minimum Gasteiger partial charge on any atom is -0.310 e. The SMILES string of the molecule is Cc1nc(-n2nc(-c3cccs3)cc2NC(=O)CC2CSc3nc4c(c(=O)n32)CCC4)[nH]c(=O)c1Cc1ccccc1. The van der Waals surface area contributed by atoms with Crippen LogP contribution in [0, 0.1) is 6.92 Å². The number of H-pyrrole nitrogens is 1. The number of thiophene rings is 1. The predicted octanol–water partition coefficient (Wildman–Crippen LogP) is 4.30. The lowest BCUT2D eigenvalue weighted by molar-refractivity contribution is -0.116. The molecule has 1 amide bonds. The maximum absolute atomic E-state index is 13.4. The van der Waals surface area contributed by atoms with E-state index in [9.17, 15) is 14.4 Å². The summed E-state index contributed by atoms with van der Waals surface area (Å²) in [6.45, 7) is 1.80. The molecule has 1 aromatic carbocycles. The third-order valence-electron chi connectivity index (χ3n) is 7.68. The van der Waals surface area contributed by atoms with Crippen LogP contribution >= 0.6 is 23.1 Å². The number of benzene rings is 1. The van der Waals surface area contributed by atoms with Crippen molar-refractivity contribution >= 4 is 34.8 Å². The molecule has 5 heterocycles. The Labute approximate surface area is 248 Å². The summed E-state index contributed by atoms with van der Waals surface area (Å²) >= 11 is 3.04. The third-order valence-corrected chi connectivity index (χ3v) is 9.67. The van der Waals surface area contributed by atoms with Gasteiger partial charge in [0.2, 0.25) is 11.9 Å². The highest BCUT2D eigenvalue weighted by Gasteiger charge is 2.31. The van der Waals surface area contributed by atoms with Crippen molar-refractivity contribution in [3.63, 3.8) is 0 Å². The number of nitrogens with one attached hydrogen (secondary N) is 2. The largest absolute Gasteiger partial charge is 0.310 e. The predicted molar refractivity (Wildman–Crippen MR) is 163 cm³/mol. The summed E-state index contributed by atoms with van der Waals surface area (Å²) in [5.41, 5.74) is 4.22. The van der Waals surface area contributed by atoms with E-state index in [0.717, 1.165) is 41.0 Å². The van der Waals surface area contributed by atoms with E-state index < -0.39 is 0 Å². The second kappa shape index (κ2) is 10.8. The number of aryl methyl sites for hydroxylation is 2. The first-order valence-corrected chi connectivity index (χ1v) is 15.7. The van der Waals surface area contributed by atoms with E-state index in [1.807, 2.05) is 47.8 Å². The minimum absolute atomic E-state index is 0.0202. The maximum atomic E-state index is 13.4. The van der Waals surface area contributed by atoms with E-state index in [1.165, 1.54) is 27.8 Å². The van der Waals surface area contributed by atoms with Crippen LogP contribution in [0.3, 0.4) is 0 Å². The molecule has 1 aliphatic carbocycles. The summed E-state index contributed by atoms with van der Waals surface area (Å²) < 4.78 is 3.15. The molecule has 0 saturated heterocycles. The third kappa shape index (κ3) is 4.90. The average molecular weight is 598 g/mol. The summed E-state index contributed by atoms with van der Waals surface area (Å²) in [5.74, 6) is 0.937. The van der Waals surface area contributed by atoms with Crippen LogP contribution < -0.4 is 16.4 Å². The Morgan fingerprint density at radius 1 is 1.12 bits per heavy atom. The molecule has 1 aliphatic heterocycles. The molecule has 1 unspecified atom stereocenters. The van der Waals surface area contributed by atoms with Crippen molar-refractivity contribution in [2.45, 2.75) is 50.2 Å². The summed E-state index contributed by atoms with van der Waals surface area (Å²) in [7, 11) is 0. The summed E-state index contributed by atoms with van der Waals surface area (Å²) in [6, 6.07) is 15.1. The quantitative estimate of drug-likeness (QED) is 0.268. The summed E-state index contributed by atoms with van der Waals surface area (Å²) in [5, 5.41) is 10.3. The van der Waals surface area contributed by atoms with Gasteiger partial charge < -0.3 is 5.32 Å². The highest BCUT2D eigenvalue weighted by Crippen LogP contribution is 2.34. The Kier molecular flexibility index (Phi) is 6.87. The fraction of sp³-hybridized carbons (Fsp3) is 0.267. The molecule has 4 aromatic heterocycles. The van der Waals surface area contributed by atoms with Crippen molar-refractivity contribution in [1.29, 1.82) is 0 Å². The molecular formula is C30H27N7O3S2. The van der Waals surface area contributed by atoms with Gasteiger partial charge in [-0.25, -0.2) is 9.97 Å². The second-order valence-corrected chi connectivity index (χ2v) is 12.4. The molecule has 5 aromatic rings. The van der Waals surface area contributed by atoms with Crippen LogP contribution in [0.2, 0.25) is 0 Å². The van der Waals surface area contributed by atoms with Crippen LogP contribution in [0.5, 0.6) is 0 Å². The monoisotopic (exact) mass is 597 g/mol. The Hall–Kier alpha value is -4.29. The number of amides is 1. The molecule has 0 fully saturated rings. The standard InChI is InChI=1S/C30H27N7O3S2/c1-17-21(13-18-7-3-2-4-8-18)27(39)34-29(31-17)37-25(15-23(35-37)24-11-6-12-41-24)33-26(38)14-19-16-42-30-32-22-10-5-9-20(22)28(40)36(19)30/h2-4,6-8,11-12,15,19H,5,9-10,13-14,16H2,1H3,(H,33,38)(H,31,34,39). The smallest absolute Gasteiger partial charge is 0.257 e. The molecule has 10 nitrogen and oxygen atoms in total. The van der Waals surface area contributed by atoms with Crippen LogP contribution in [-0.2, 0) is 24.1 Å². The topological polar surface area (TPSA) is 128 Å². The van der Waals surface area contributed by atoms with Crippen LogP contribution in [0.15, 0.2) is 68.7 Å². The highest BCUT2D eigenvalue weighted by molar-refractivity contribution is 7.99. The maximum Gasteiger partial charge on any atom is 0.257 e. The number of thioether (sulfide) groups is 1. The number of aromatic amines is 1. The van der Waals surface area contributed by atoms with Crippen molar-refractivity contribution in [3.8, 4) is 16.5 Å². The number of rotatable bonds is 7. The molecule has 1 atom stereocenters. The van der Waals surface area contributed by atoms with Gasteiger partial charge in [0.05, 0.1) is 22.3 Å². The van der Waals surface area contributed by atoms with Gasteiger partial charge in [0.15, 0.2) is 5.16 Å². The van der Waals surface area contributed by atoms with Gasteiger partial charge in [-0.3, -0.25) is 23.9 Å². The zero-order valence-electron chi connectivity index (χ0n) is 22.8.